The first kappa shape index (κ1) is 18.1. The molecule has 0 radical (unpaired) electrons. The zero-order chi connectivity index (χ0) is 17.2. The summed E-state index contributed by atoms with van der Waals surface area (Å²) in [4.78, 5) is 26.8. The molecule has 5 nitrogen and oxygen atoms in total. The van der Waals surface area contributed by atoms with Crippen LogP contribution in [0.4, 0.5) is 0 Å². The second-order valence-electron chi connectivity index (χ2n) is 7.71. The zero-order valence-corrected chi connectivity index (χ0v) is 15.8. The van der Waals surface area contributed by atoms with Crippen molar-refractivity contribution in [3.05, 3.63) is 0 Å². The van der Waals surface area contributed by atoms with Crippen molar-refractivity contribution in [2.75, 3.05) is 25.4 Å². The molecule has 0 aromatic rings. The summed E-state index contributed by atoms with van der Waals surface area (Å²) in [5, 5.41) is 6.65. The van der Waals surface area contributed by atoms with Crippen LogP contribution in [-0.4, -0.2) is 53.0 Å². The number of rotatable bonds is 5. The molecule has 6 heteroatoms. The van der Waals surface area contributed by atoms with E-state index in [1.165, 1.54) is 6.42 Å². The van der Waals surface area contributed by atoms with Gasteiger partial charge in [-0.05, 0) is 31.6 Å². The Morgan fingerprint density at radius 3 is 2.62 bits per heavy atom. The standard InChI is InChI=1S/C18H31N3O2S/c1-3-13(2)11-19-16(22)15-12-24-18(20-15)7-9-21(10-8-18)17(23)14-5-4-6-14/h13-15,20H,3-12H2,1-2H3,(H,19,22). The molecular weight excluding hydrogens is 322 g/mol. The molecule has 1 saturated carbocycles. The van der Waals surface area contributed by atoms with Gasteiger partial charge in [-0.2, -0.15) is 0 Å². The van der Waals surface area contributed by atoms with Gasteiger partial charge in [0, 0.05) is 31.3 Å². The summed E-state index contributed by atoms with van der Waals surface area (Å²) in [5.41, 5.74) is 0. The van der Waals surface area contributed by atoms with Gasteiger partial charge in [-0.25, -0.2) is 0 Å². The van der Waals surface area contributed by atoms with Crippen molar-refractivity contribution in [3.63, 3.8) is 0 Å². The fourth-order valence-corrected chi connectivity index (χ4v) is 5.03. The summed E-state index contributed by atoms with van der Waals surface area (Å²) < 4.78 is 0. The van der Waals surface area contributed by atoms with Gasteiger partial charge in [0.05, 0.1) is 10.9 Å². The van der Waals surface area contributed by atoms with Crippen molar-refractivity contribution in [1.29, 1.82) is 0 Å². The van der Waals surface area contributed by atoms with Crippen LogP contribution in [0.25, 0.3) is 0 Å². The lowest BCUT2D eigenvalue weighted by Crippen LogP contribution is -2.55. The van der Waals surface area contributed by atoms with E-state index in [2.05, 4.69) is 24.5 Å². The molecule has 136 valence electrons. The highest BCUT2D eigenvalue weighted by atomic mass is 32.2. The SMILES string of the molecule is CCC(C)CNC(=O)C1CSC2(CCN(C(=O)C3CCC3)CC2)N1. The molecular formula is C18H31N3O2S. The van der Waals surface area contributed by atoms with Crippen LogP contribution in [-0.2, 0) is 9.59 Å². The molecule has 1 spiro atoms. The molecule has 0 bridgehead atoms. The molecule has 3 aliphatic rings. The molecule has 24 heavy (non-hydrogen) atoms. The minimum absolute atomic E-state index is 0.00519. The van der Waals surface area contributed by atoms with Crippen molar-refractivity contribution in [1.82, 2.24) is 15.5 Å². The van der Waals surface area contributed by atoms with Crippen molar-refractivity contribution in [2.45, 2.75) is 63.3 Å². The molecule has 2 saturated heterocycles. The number of hydrogen-bond donors (Lipinski definition) is 2. The van der Waals surface area contributed by atoms with E-state index in [0.29, 0.717) is 17.7 Å². The van der Waals surface area contributed by atoms with Crippen molar-refractivity contribution in [2.24, 2.45) is 11.8 Å². The van der Waals surface area contributed by atoms with Gasteiger partial charge < -0.3 is 10.2 Å². The monoisotopic (exact) mass is 353 g/mol. The summed E-state index contributed by atoms with van der Waals surface area (Å²) in [6.45, 7) is 6.73. The van der Waals surface area contributed by atoms with Crippen molar-refractivity contribution < 1.29 is 9.59 Å². The molecule has 2 unspecified atom stereocenters. The van der Waals surface area contributed by atoms with E-state index in [-0.39, 0.29) is 16.8 Å². The first-order chi connectivity index (χ1) is 11.5. The maximum atomic E-state index is 12.4. The summed E-state index contributed by atoms with van der Waals surface area (Å²) in [7, 11) is 0. The highest BCUT2D eigenvalue weighted by Gasteiger charge is 2.45. The van der Waals surface area contributed by atoms with Gasteiger partial charge in [0.15, 0.2) is 0 Å². The minimum Gasteiger partial charge on any atom is -0.354 e. The molecule has 2 heterocycles. The number of thioether (sulfide) groups is 1. The quantitative estimate of drug-likeness (QED) is 0.793. The van der Waals surface area contributed by atoms with E-state index >= 15 is 0 Å². The number of nitrogens with one attached hydrogen (secondary N) is 2. The van der Waals surface area contributed by atoms with E-state index in [9.17, 15) is 9.59 Å². The van der Waals surface area contributed by atoms with Crippen LogP contribution in [0.1, 0.15) is 52.4 Å². The molecule has 0 aromatic carbocycles. The minimum atomic E-state index is -0.0899. The topological polar surface area (TPSA) is 61.4 Å². The van der Waals surface area contributed by atoms with E-state index in [0.717, 1.165) is 57.5 Å². The van der Waals surface area contributed by atoms with Crippen molar-refractivity contribution in [3.8, 4) is 0 Å². The highest BCUT2D eigenvalue weighted by Crippen LogP contribution is 2.40. The number of nitrogens with zero attached hydrogens (tertiary/aromatic N) is 1. The van der Waals surface area contributed by atoms with Gasteiger partial charge in [-0.3, -0.25) is 14.9 Å². The van der Waals surface area contributed by atoms with E-state index in [1.54, 1.807) is 0 Å². The van der Waals surface area contributed by atoms with Crippen LogP contribution >= 0.6 is 11.8 Å². The summed E-state index contributed by atoms with van der Waals surface area (Å²) in [6, 6.07) is -0.0899. The maximum Gasteiger partial charge on any atom is 0.238 e. The Morgan fingerprint density at radius 2 is 2.04 bits per heavy atom. The Balaban J connectivity index is 1.45. The van der Waals surface area contributed by atoms with Crippen LogP contribution < -0.4 is 10.6 Å². The van der Waals surface area contributed by atoms with Crippen molar-refractivity contribution >= 4 is 23.6 Å². The lowest BCUT2D eigenvalue weighted by molar-refractivity contribution is -0.139. The average Bonchev–Trinajstić information content (AvgIpc) is 2.95. The predicted molar refractivity (Wildman–Crippen MR) is 97.7 cm³/mol. The molecule has 1 aliphatic carbocycles. The molecule has 3 fully saturated rings. The zero-order valence-electron chi connectivity index (χ0n) is 15.0. The third-order valence-electron chi connectivity index (χ3n) is 5.94. The molecule has 2 atom stereocenters. The van der Waals surface area contributed by atoms with Crippen LogP contribution in [0.15, 0.2) is 0 Å². The third-order valence-corrected chi connectivity index (χ3v) is 7.52. The lowest BCUT2D eigenvalue weighted by Gasteiger charge is -2.41. The Morgan fingerprint density at radius 1 is 1.33 bits per heavy atom. The van der Waals surface area contributed by atoms with E-state index in [1.807, 2.05) is 16.7 Å². The molecule has 3 rings (SSSR count). The average molecular weight is 354 g/mol. The van der Waals surface area contributed by atoms with E-state index in [4.69, 9.17) is 0 Å². The predicted octanol–water partition coefficient (Wildman–Crippen LogP) is 1.97. The van der Waals surface area contributed by atoms with Gasteiger partial charge in [-0.15, -0.1) is 11.8 Å². The maximum absolute atomic E-state index is 12.4. The Hall–Kier alpha value is -0.750. The fourth-order valence-electron chi connectivity index (χ4n) is 3.62. The highest BCUT2D eigenvalue weighted by molar-refractivity contribution is 8.01. The van der Waals surface area contributed by atoms with Crippen LogP contribution in [0.3, 0.4) is 0 Å². The largest absolute Gasteiger partial charge is 0.354 e. The Labute approximate surface area is 149 Å². The second-order valence-corrected chi connectivity index (χ2v) is 9.12. The summed E-state index contributed by atoms with van der Waals surface area (Å²) in [6.07, 6.45) is 6.34. The number of likely N-dealkylation sites (tertiary alicyclic amines) is 1. The molecule has 2 aliphatic heterocycles. The van der Waals surface area contributed by atoms with Crippen LogP contribution in [0.5, 0.6) is 0 Å². The molecule has 2 N–H and O–H groups in total. The van der Waals surface area contributed by atoms with Gasteiger partial charge in [0.25, 0.3) is 0 Å². The third kappa shape index (κ3) is 3.90. The van der Waals surface area contributed by atoms with E-state index < -0.39 is 0 Å². The number of hydrogen-bond acceptors (Lipinski definition) is 4. The second kappa shape index (κ2) is 7.65. The Kier molecular flexibility index (Phi) is 5.75. The number of carbonyl (C=O) groups excluding carboxylic acids is 2. The summed E-state index contributed by atoms with van der Waals surface area (Å²) in [5.74, 6) is 2.15. The summed E-state index contributed by atoms with van der Waals surface area (Å²) >= 11 is 1.87. The lowest BCUT2D eigenvalue weighted by atomic mass is 9.84. The first-order valence-corrected chi connectivity index (χ1v) is 10.5. The molecule has 0 aromatic heterocycles. The normalized spacial score (nSPS) is 27.8. The number of carbonyl (C=O) groups is 2. The fraction of sp³-hybridized carbons (Fsp3) is 0.889. The molecule has 2 amide bonds. The van der Waals surface area contributed by atoms with Gasteiger partial charge in [0.2, 0.25) is 11.8 Å². The van der Waals surface area contributed by atoms with Gasteiger partial charge in [-0.1, -0.05) is 26.7 Å². The number of piperidine rings is 1. The smallest absolute Gasteiger partial charge is 0.238 e. The Bertz CT molecular complexity index is 473. The van der Waals surface area contributed by atoms with Gasteiger partial charge in [0.1, 0.15) is 0 Å². The number of amides is 2. The van der Waals surface area contributed by atoms with Crippen LogP contribution in [0, 0.1) is 11.8 Å². The van der Waals surface area contributed by atoms with Crippen LogP contribution in [0.2, 0.25) is 0 Å². The van der Waals surface area contributed by atoms with Gasteiger partial charge >= 0.3 is 0 Å². The first-order valence-electron chi connectivity index (χ1n) is 9.51.